The van der Waals surface area contributed by atoms with Crippen LogP contribution in [0.2, 0.25) is 0 Å². The lowest BCUT2D eigenvalue weighted by molar-refractivity contribution is -0.140. The Morgan fingerprint density at radius 1 is 1.00 bits per heavy atom. The van der Waals surface area contributed by atoms with Gasteiger partial charge in [0.15, 0.2) is 0 Å². The second-order valence-corrected chi connectivity index (χ2v) is 11.1. The second kappa shape index (κ2) is 12.0. The lowest BCUT2D eigenvalue weighted by atomic mass is 10.1. The molecule has 1 unspecified atom stereocenters. The van der Waals surface area contributed by atoms with Crippen LogP contribution in [0.25, 0.3) is 0 Å². The second-order valence-electron chi connectivity index (χ2n) is 9.19. The molecule has 0 aliphatic heterocycles. The molecule has 8 heteroatoms. The first-order valence-electron chi connectivity index (χ1n) is 11.6. The third-order valence-electron chi connectivity index (χ3n) is 5.44. The number of rotatable bonds is 11. The van der Waals surface area contributed by atoms with E-state index in [1.165, 1.54) is 4.90 Å². The number of anilines is 1. The smallest absolute Gasteiger partial charge is 0.244 e. The van der Waals surface area contributed by atoms with E-state index in [2.05, 4.69) is 5.32 Å². The van der Waals surface area contributed by atoms with E-state index in [9.17, 15) is 18.0 Å². The number of aryl methyl sites for hydroxylation is 2. The van der Waals surface area contributed by atoms with Crippen molar-refractivity contribution in [3.8, 4) is 0 Å². The van der Waals surface area contributed by atoms with Crippen LogP contribution in [0.3, 0.4) is 0 Å². The average molecular weight is 488 g/mol. The van der Waals surface area contributed by atoms with E-state index in [1.54, 1.807) is 12.1 Å². The highest BCUT2D eigenvalue weighted by molar-refractivity contribution is 7.92. The highest BCUT2D eigenvalue weighted by Gasteiger charge is 2.31. The monoisotopic (exact) mass is 487 g/mol. The van der Waals surface area contributed by atoms with Crippen LogP contribution in [0.1, 0.15) is 43.9 Å². The van der Waals surface area contributed by atoms with Crippen LogP contribution in [-0.2, 0) is 26.2 Å². The van der Waals surface area contributed by atoms with Crippen molar-refractivity contribution in [1.82, 2.24) is 10.2 Å². The third-order valence-corrected chi connectivity index (χ3v) is 6.58. The van der Waals surface area contributed by atoms with Gasteiger partial charge in [-0.1, -0.05) is 57.2 Å². The quantitative estimate of drug-likeness (QED) is 0.524. The number of nitrogens with zero attached hydrogens (tertiary/aromatic N) is 2. The Labute approximate surface area is 204 Å². The maximum absolute atomic E-state index is 13.6. The minimum Gasteiger partial charge on any atom is -0.354 e. The van der Waals surface area contributed by atoms with Gasteiger partial charge in [0.05, 0.1) is 11.9 Å². The van der Waals surface area contributed by atoms with E-state index in [1.807, 2.05) is 71.0 Å². The van der Waals surface area contributed by atoms with Gasteiger partial charge >= 0.3 is 0 Å². The first-order chi connectivity index (χ1) is 15.9. The molecule has 0 aliphatic carbocycles. The molecule has 2 amide bonds. The Morgan fingerprint density at radius 3 is 2.09 bits per heavy atom. The van der Waals surface area contributed by atoms with Gasteiger partial charge in [-0.15, -0.1) is 0 Å². The fraction of sp³-hybridized carbons (Fsp3) is 0.462. The Bertz CT molecular complexity index is 1060. The molecule has 0 saturated heterocycles. The number of hydrogen-bond donors (Lipinski definition) is 1. The van der Waals surface area contributed by atoms with Crippen molar-refractivity contribution in [1.29, 1.82) is 0 Å². The van der Waals surface area contributed by atoms with Crippen LogP contribution in [0.5, 0.6) is 0 Å². The molecular formula is C26H37N3O4S. The van der Waals surface area contributed by atoms with E-state index in [0.717, 1.165) is 27.3 Å². The van der Waals surface area contributed by atoms with Crippen molar-refractivity contribution < 1.29 is 18.0 Å². The zero-order valence-electron chi connectivity index (χ0n) is 21.0. The van der Waals surface area contributed by atoms with Gasteiger partial charge in [-0.2, -0.15) is 0 Å². The Balaban J connectivity index is 2.42. The SMILES string of the molecule is CCC(C(=O)NCC(C)C)N(Cc1ccccc1)C(=O)CN(c1cc(C)cc(C)c1)S(C)(=O)=O. The summed E-state index contributed by atoms with van der Waals surface area (Å²) in [4.78, 5) is 28.1. The van der Waals surface area contributed by atoms with Crippen molar-refractivity contribution >= 4 is 27.5 Å². The summed E-state index contributed by atoms with van der Waals surface area (Å²) >= 11 is 0. The molecule has 2 aromatic rings. The van der Waals surface area contributed by atoms with Gasteiger partial charge in [-0.3, -0.25) is 13.9 Å². The lowest BCUT2D eigenvalue weighted by Crippen LogP contribution is -2.52. The van der Waals surface area contributed by atoms with Crippen molar-refractivity contribution in [2.45, 2.75) is 53.6 Å². The summed E-state index contributed by atoms with van der Waals surface area (Å²) < 4.78 is 26.5. The normalized spacial score (nSPS) is 12.3. The minimum atomic E-state index is -3.74. The van der Waals surface area contributed by atoms with Crippen LogP contribution >= 0.6 is 0 Å². The predicted octanol–water partition coefficient (Wildman–Crippen LogP) is 3.65. The topological polar surface area (TPSA) is 86.8 Å². The molecule has 0 aromatic heterocycles. The van der Waals surface area contributed by atoms with Gasteiger partial charge in [0.1, 0.15) is 12.6 Å². The van der Waals surface area contributed by atoms with Gasteiger partial charge < -0.3 is 10.2 Å². The van der Waals surface area contributed by atoms with Crippen molar-refractivity contribution in [3.05, 3.63) is 65.2 Å². The zero-order chi connectivity index (χ0) is 25.5. The van der Waals surface area contributed by atoms with Crippen LogP contribution in [0.4, 0.5) is 5.69 Å². The van der Waals surface area contributed by atoms with Crippen LogP contribution < -0.4 is 9.62 Å². The van der Waals surface area contributed by atoms with E-state index in [4.69, 9.17) is 0 Å². The average Bonchev–Trinajstić information content (AvgIpc) is 2.74. The number of carbonyl (C=O) groups excluding carboxylic acids is 2. The first kappa shape index (κ1) is 27.4. The molecule has 2 rings (SSSR count). The summed E-state index contributed by atoms with van der Waals surface area (Å²) in [6, 6.07) is 14.1. The maximum Gasteiger partial charge on any atom is 0.244 e. The van der Waals surface area contributed by atoms with E-state index >= 15 is 0 Å². The van der Waals surface area contributed by atoms with Gasteiger partial charge in [0.25, 0.3) is 0 Å². The number of carbonyl (C=O) groups is 2. The number of sulfonamides is 1. The fourth-order valence-electron chi connectivity index (χ4n) is 3.83. The summed E-state index contributed by atoms with van der Waals surface area (Å²) in [6.45, 7) is 9.94. The highest BCUT2D eigenvalue weighted by Crippen LogP contribution is 2.22. The molecule has 186 valence electrons. The summed E-state index contributed by atoms with van der Waals surface area (Å²) in [7, 11) is -3.74. The molecule has 34 heavy (non-hydrogen) atoms. The van der Waals surface area contributed by atoms with E-state index < -0.39 is 22.0 Å². The molecule has 0 fully saturated rings. The first-order valence-corrected chi connectivity index (χ1v) is 13.4. The Kier molecular flexibility index (Phi) is 9.67. The minimum absolute atomic E-state index is 0.206. The molecule has 1 atom stereocenters. The van der Waals surface area contributed by atoms with E-state index in [0.29, 0.717) is 18.7 Å². The van der Waals surface area contributed by atoms with Gasteiger partial charge in [-0.25, -0.2) is 8.42 Å². The summed E-state index contributed by atoms with van der Waals surface area (Å²) in [5.41, 5.74) is 3.10. The molecule has 0 bridgehead atoms. The van der Waals surface area contributed by atoms with E-state index in [-0.39, 0.29) is 24.9 Å². The van der Waals surface area contributed by atoms with Crippen LogP contribution in [-0.4, -0.2) is 50.5 Å². The predicted molar refractivity (Wildman–Crippen MR) is 137 cm³/mol. The van der Waals surface area contributed by atoms with Crippen LogP contribution in [0, 0.1) is 19.8 Å². The summed E-state index contributed by atoms with van der Waals surface area (Å²) in [5, 5.41) is 2.92. The molecule has 0 heterocycles. The number of nitrogens with one attached hydrogen (secondary N) is 1. The molecule has 0 saturated carbocycles. The molecule has 0 aliphatic rings. The molecule has 0 spiro atoms. The van der Waals surface area contributed by atoms with Crippen molar-refractivity contribution in [3.63, 3.8) is 0 Å². The summed E-state index contributed by atoms with van der Waals surface area (Å²) in [6.07, 6.45) is 1.50. The van der Waals surface area contributed by atoms with Gasteiger partial charge in [0.2, 0.25) is 21.8 Å². The maximum atomic E-state index is 13.6. The molecule has 0 radical (unpaired) electrons. The molecular weight excluding hydrogens is 450 g/mol. The Morgan fingerprint density at radius 2 is 1.59 bits per heavy atom. The van der Waals surface area contributed by atoms with Crippen molar-refractivity contribution in [2.24, 2.45) is 5.92 Å². The zero-order valence-corrected chi connectivity index (χ0v) is 21.9. The Hall–Kier alpha value is -2.87. The number of amides is 2. The third kappa shape index (κ3) is 7.87. The van der Waals surface area contributed by atoms with Gasteiger partial charge in [-0.05, 0) is 55.0 Å². The highest BCUT2D eigenvalue weighted by atomic mass is 32.2. The van der Waals surface area contributed by atoms with Crippen molar-refractivity contribution in [2.75, 3.05) is 23.7 Å². The number of hydrogen-bond acceptors (Lipinski definition) is 4. The largest absolute Gasteiger partial charge is 0.354 e. The number of benzene rings is 2. The molecule has 7 nitrogen and oxygen atoms in total. The van der Waals surface area contributed by atoms with Crippen LogP contribution in [0.15, 0.2) is 48.5 Å². The molecule has 2 aromatic carbocycles. The lowest BCUT2D eigenvalue weighted by Gasteiger charge is -2.33. The fourth-order valence-corrected chi connectivity index (χ4v) is 4.66. The van der Waals surface area contributed by atoms with Gasteiger partial charge in [0, 0.05) is 13.1 Å². The summed E-state index contributed by atoms with van der Waals surface area (Å²) in [5.74, 6) is -0.400. The molecule has 1 N–H and O–H groups in total. The standard InChI is InChI=1S/C26H37N3O4S/c1-7-24(26(31)27-16-19(2)3)28(17-22-11-9-8-10-12-22)25(30)18-29(34(6,32)33)23-14-20(4)13-21(5)15-23/h8-15,19,24H,7,16-18H2,1-6H3,(H,27,31).